The summed E-state index contributed by atoms with van der Waals surface area (Å²) in [5.74, 6) is -0.761. The first kappa shape index (κ1) is 16.6. The van der Waals surface area contributed by atoms with Crippen LogP contribution < -0.4 is 10.2 Å². The Labute approximate surface area is 153 Å². The topological polar surface area (TPSA) is 110 Å². The van der Waals surface area contributed by atoms with Crippen molar-refractivity contribution in [3.8, 4) is 5.69 Å². The number of hydrogen-bond donors (Lipinski definition) is 1. The summed E-state index contributed by atoms with van der Waals surface area (Å²) in [6.07, 6.45) is 1.90. The zero-order valence-electron chi connectivity index (χ0n) is 14.1. The molecule has 3 amide bonds. The van der Waals surface area contributed by atoms with Crippen LogP contribution in [0.25, 0.3) is 5.69 Å². The van der Waals surface area contributed by atoms with Gasteiger partial charge in [-0.2, -0.15) is 0 Å². The Morgan fingerprint density at radius 3 is 2.37 bits per heavy atom. The highest BCUT2D eigenvalue weighted by Gasteiger charge is 2.30. The average Bonchev–Trinajstić information content (AvgIpc) is 3.32. The fourth-order valence-electron chi connectivity index (χ4n) is 2.84. The quantitative estimate of drug-likeness (QED) is 0.706. The summed E-state index contributed by atoms with van der Waals surface area (Å²) in [5, 5.41) is 13.8. The first-order valence-corrected chi connectivity index (χ1v) is 8.22. The number of hydrogen-bond acceptors (Lipinski definition) is 6. The summed E-state index contributed by atoms with van der Waals surface area (Å²) >= 11 is 0. The SMILES string of the molecule is O=C(Nc1cccc(-n2cnnn2)c1)c1ccc(N2C(=O)CCC2=O)cc1. The lowest BCUT2D eigenvalue weighted by Gasteiger charge is -2.14. The van der Waals surface area contributed by atoms with E-state index in [2.05, 4.69) is 20.8 Å². The zero-order chi connectivity index (χ0) is 18.8. The van der Waals surface area contributed by atoms with Gasteiger partial charge in [0, 0.05) is 24.1 Å². The van der Waals surface area contributed by atoms with Crippen LogP contribution in [0.3, 0.4) is 0 Å². The van der Waals surface area contributed by atoms with Crippen molar-refractivity contribution in [2.24, 2.45) is 0 Å². The second-order valence-corrected chi connectivity index (χ2v) is 5.93. The molecule has 3 aromatic rings. The molecule has 1 aliphatic rings. The molecular weight excluding hydrogens is 348 g/mol. The van der Waals surface area contributed by atoms with Gasteiger partial charge in [0.15, 0.2) is 0 Å². The highest BCUT2D eigenvalue weighted by atomic mass is 16.2. The van der Waals surface area contributed by atoms with E-state index in [1.807, 2.05) is 6.07 Å². The Morgan fingerprint density at radius 2 is 1.70 bits per heavy atom. The molecule has 134 valence electrons. The molecule has 4 rings (SSSR count). The van der Waals surface area contributed by atoms with Gasteiger partial charge < -0.3 is 5.32 Å². The summed E-state index contributed by atoms with van der Waals surface area (Å²) < 4.78 is 1.48. The molecule has 9 heteroatoms. The van der Waals surface area contributed by atoms with Gasteiger partial charge in [-0.15, -0.1) is 5.10 Å². The minimum Gasteiger partial charge on any atom is -0.322 e. The van der Waals surface area contributed by atoms with Gasteiger partial charge in [0.25, 0.3) is 5.91 Å². The molecule has 0 aliphatic carbocycles. The highest BCUT2D eigenvalue weighted by molar-refractivity contribution is 6.20. The number of carbonyl (C=O) groups excluding carboxylic acids is 3. The maximum atomic E-state index is 12.5. The number of rotatable bonds is 4. The summed E-state index contributed by atoms with van der Waals surface area (Å²) in [4.78, 5) is 37.2. The lowest BCUT2D eigenvalue weighted by atomic mass is 10.1. The van der Waals surface area contributed by atoms with Crippen molar-refractivity contribution in [3.63, 3.8) is 0 Å². The first-order chi connectivity index (χ1) is 13.1. The van der Waals surface area contributed by atoms with E-state index in [0.29, 0.717) is 22.6 Å². The zero-order valence-corrected chi connectivity index (χ0v) is 14.1. The smallest absolute Gasteiger partial charge is 0.255 e. The van der Waals surface area contributed by atoms with Crippen molar-refractivity contribution in [3.05, 3.63) is 60.4 Å². The Bertz CT molecular complexity index is 998. The van der Waals surface area contributed by atoms with E-state index >= 15 is 0 Å². The van der Waals surface area contributed by atoms with Gasteiger partial charge >= 0.3 is 0 Å². The monoisotopic (exact) mass is 362 g/mol. The second kappa shape index (κ2) is 6.79. The lowest BCUT2D eigenvalue weighted by molar-refractivity contribution is -0.121. The van der Waals surface area contributed by atoms with Crippen LogP contribution in [-0.2, 0) is 9.59 Å². The van der Waals surface area contributed by atoms with Gasteiger partial charge in [-0.3, -0.25) is 19.3 Å². The van der Waals surface area contributed by atoms with Crippen LogP contribution in [0.15, 0.2) is 54.9 Å². The molecule has 0 saturated carbocycles. The summed E-state index contributed by atoms with van der Waals surface area (Å²) in [6, 6.07) is 13.4. The molecule has 2 aromatic carbocycles. The summed E-state index contributed by atoms with van der Waals surface area (Å²) in [6.45, 7) is 0. The molecule has 0 radical (unpaired) electrons. The van der Waals surface area contributed by atoms with E-state index in [-0.39, 0.29) is 30.6 Å². The molecule has 0 unspecified atom stereocenters. The van der Waals surface area contributed by atoms with Crippen molar-refractivity contribution in [1.82, 2.24) is 20.2 Å². The van der Waals surface area contributed by atoms with E-state index in [1.54, 1.807) is 42.5 Å². The number of benzene rings is 2. The molecule has 1 aliphatic heterocycles. The van der Waals surface area contributed by atoms with E-state index in [4.69, 9.17) is 0 Å². The molecular formula is C18H14N6O3. The van der Waals surface area contributed by atoms with Crippen LogP contribution in [0.5, 0.6) is 0 Å². The molecule has 9 nitrogen and oxygen atoms in total. The normalized spacial score (nSPS) is 13.9. The van der Waals surface area contributed by atoms with Gasteiger partial charge in [-0.05, 0) is 52.9 Å². The van der Waals surface area contributed by atoms with Gasteiger partial charge in [-0.25, -0.2) is 4.68 Å². The lowest BCUT2D eigenvalue weighted by Crippen LogP contribution is -2.28. The minimum atomic E-state index is -0.311. The number of carbonyl (C=O) groups is 3. The third-order valence-corrected chi connectivity index (χ3v) is 4.16. The third-order valence-electron chi connectivity index (χ3n) is 4.16. The van der Waals surface area contributed by atoms with Crippen LogP contribution in [-0.4, -0.2) is 37.9 Å². The number of tetrazole rings is 1. The van der Waals surface area contributed by atoms with E-state index in [9.17, 15) is 14.4 Å². The number of imide groups is 1. The molecule has 1 N–H and O–H groups in total. The number of anilines is 2. The van der Waals surface area contributed by atoms with Crippen LogP contribution in [0.1, 0.15) is 23.2 Å². The third kappa shape index (κ3) is 3.30. The fourth-order valence-corrected chi connectivity index (χ4v) is 2.84. The predicted molar refractivity (Wildman–Crippen MR) is 95.3 cm³/mol. The van der Waals surface area contributed by atoms with Crippen molar-refractivity contribution in [2.45, 2.75) is 12.8 Å². The average molecular weight is 362 g/mol. The Kier molecular flexibility index (Phi) is 4.17. The van der Waals surface area contributed by atoms with Crippen LogP contribution in [0, 0.1) is 0 Å². The predicted octanol–water partition coefficient (Wildman–Crippen LogP) is 1.57. The van der Waals surface area contributed by atoms with Gasteiger partial charge in [-0.1, -0.05) is 6.07 Å². The Hall–Kier alpha value is -3.88. The summed E-state index contributed by atoms with van der Waals surface area (Å²) in [7, 11) is 0. The number of nitrogens with zero attached hydrogens (tertiary/aromatic N) is 5. The number of aromatic nitrogens is 4. The number of amides is 3. The first-order valence-electron chi connectivity index (χ1n) is 8.22. The highest BCUT2D eigenvalue weighted by Crippen LogP contribution is 2.23. The van der Waals surface area contributed by atoms with Gasteiger partial charge in [0.1, 0.15) is 6.33 Å². The molecule has 0 spiro atoms. The standard InChI is InChI=1S/C18H14N6O3/c25-16-8-9-17(26)24(16)14-6-4-12(5-7-14)18(27)20-13-2-1-3-15(10-13)23-11-19-21-22-23/h1-7,10-11H,8-9H2,(H,20,27). The molecule has 27 heavy (non-hydrogen) atoms. The minimum absolute atomic E-state index is 0.221. The van der Waals surface area contributed by atoms with Crippen molar-refractivity contribution in [1.29, 1.82) is 0 Å². The largest absolute Gasteiger partial charge is 0.322 e. The van der Waals surface area contributed by atoms with Crippen LogP contribution in [0.2, 0.25) is 0 Å². The second-order valence-electron chi connectivity index (χ2n) is 5.93. The maximum absolute atomic E-state index is 12.5. The van der Waals surface area contributed by atoms with Crippen molar-refractivity contribution < 1.29 is 14.4 Å². The summed E-state index contributed by atoms with van der Waals surface area (Å²) in [5.41, 5.74) is 2.17. The maximum Gasteiger partial charge on any atom is 0.255 e. The molecule has 0 atom stereocenters. The van der Waals surface area contributed by atoms with Gasteiger partial charge in [0.2, 0.25) is 11.8 Å². The van der Waals surface area contributed by atoms with E-state index < -0.39 is 0 Å². The molecule has 1 aromatic heterocycles. The van der Waals surface area contributed by atoms with Gasteiger partial charge in [0.05, 0.1) is 11.4 Å². The van der Waals surface area contributed by atoms with E-state index in [0.717, 1.165) is 4.90 Å². The fraction of sp³-hybridized carbons (Fsp3) is 0.111. The van der Waals surface area contributed by atoms with E-state index in [1.165, 1.54) is 11.0 Å². The van der Waals surface area contributed by atoms with Crippen molar-refractivity contribution >= 4 is 29.1 Å². The van der Waals surface area contributed by atoms with Crippen LogP contribution in [0.4, 0.5) is 11.4 Å². The molecule has 0 bridgehead atoms. The van der Waals surface area contributed by atoms with Crippen molar-refractivity contribution in [2.75, 3.05) is 10.2 Å². The Morgan fingerprint density at radius 1 is 0.963 bits per heavy atom. The molecule has 2 heterocycles. The Balaban J connectivity index is 1.50. The van der Waals surface area contributed by atoms with Crippen LogP contribution >= 0.6 is 0 Å². The molecule has 1 saturated heterocycles. The molecule has 1 fully saturated rings. The number of nitrogens with one attached hydrogen (secondary N) is 1.